The number of aromatic nitrogens is 1. The molecule has 1 atom stereocenters. The number of benzene rings is 2. The van der Waals surface area contributed by atoms with Crippen LogP contribution in [-0.2, 0) is 0 Å². The van der Waals surface area contributed by atoms with Crippen LogP contribution in [0.4, 0.5) is 0 Å². The summed E-state index contributed by atoms with van der Waals surface area (Å²) in [5.74, 6) is 5.77. The van der Waals surface area contributed by atoms with Crippen molar-refractivity contribution >= 4 is 34.1 Å². The lowest BCUT2D eigenvalue weighted by Gasteiger charge is -2.19. The van der Waals surface area contributed by atoms with Crippen LogP contribution >= 0.6 is 23.2 Å². The number of pyridine rings is 1. The van der Waals surface area contributed by atoms with Gasteiger partial charge in [0.2, 0.25) is 0 Å². The Balaban J connectivity index is 2.16. The molecule has 3 N–H and O–H groups in total. The minimum Gasteiger partial charge on any atom is -0.271 e. The van der Waals surface area contributed by atoms with Gasteiger partial charge in [-0.3, -0.25) is 10.8 Å². The van der Waals surface area contributed by atoms with Crippen LogP contribution in [0.25, 0.3) is 10.9 Å². The number of nitrogens with zero attached hydrogens (tertiary/aromatic N) is 1. The Kier molecular flexibility index (Phi) is 4.08. The Morgan fingerprint density at radius 3 is 2.57 bits per heavy atom. The van der Waals surface area contributed by atoms with Crippen molar-refractivity contribution in [2.75, 3.05) is 0 Å². The molecule has 2 aromatic carbocycles. The second-order valence-electron chi connectivity index (χ2n) is 4.69. The summed E-state index contributed by atoms with van der Waals surface area (Å²) in [6.07, 6.45) is 1.78. The minimum atomic E-state index is -0.187. The summed E-state index contributed by atoms with van der Waals surface area (Å²) in [6, 6.07) is 15.2. The van der Waals surface area contributed by atoms with Crippen molar-refractivity contribution in [2.45, 2.75) is 6.04 Å². The molecule has 0 amide bonds. The lowest BCUT2D eigenvalue weighted by Crippen LogP contribution is -2.29. The van der Waals surface area contributed by atoms with Gasteiger partial charge >= 0.3 is 0 Å². The highest BCUT2D eigenvalue weighted by Crippen LogP contribution is 2.31. The van der Waals surface area contributed by atoms with E-state index in [0.717, 1.165) is 22.0 Å². The molecule has 0 fully saturated rings. The average molecular weight is 318 g/mol. The van der Waals surface area contributed by atoms with Crippen LogP contribution in [0.3, 0.4) is 0 Å². The van der Waals surface area contributed by atoms with Gasteiger partial charge in [-0.05, 0) is 35.4 Å². The van der Waals surface area contributed by atoms with Gasteiger partial charge < -0.3 is 0 Å². The Bertz CT molecular complexity index is 784. The van der Waals surface area contributed by atoms with Crippen molar-refractivity contribution in [2.24, 2.45) is 5.84 Å². The molecule has 0 saturated heterocycles. The van der Waals surface area contributed by atoms with Gasteiger partial charge in [-0.1, -0.05) is 47.5 Å². The molecule has 0 bridgehead atoms. The highest BCUT2D eigenvalue weighted by atomic mass is 35.5. The summed E-state index contributed by atoms with van der Waals surface area (Å²) in [5, 5.41) is 2.08. The number of fused-ring (bicyclic) bond motifs is 1. The first-order valence-corrected chi connectivity index (χ1v) is 7.21. The minimum absolute atomic E-state index is 0.187. The number of hydrazine groups is 1. The zero-order valence-electron chi connectivity index (χ0n) is 11.1. The van der Waals surface area contributed by atoms with E-state index >= 15 is 0 Å². The van der Waals surface area contributed by atoms with E-state index < -0.39 is 0 Å². The molecule has 1 unspecified atom stereocenters. The number of nitrogens with one attached hydrogen (secondary N) is 1. The topological polar surface area (TPSA) is 50.9 Å². The van der Waals surface area contributed by atoms with Crippen molar-refractivity contribution in [1.29, 1.82) is 0 Å². The molecule has 1 aromatic heterocycles. The van der Waals surface area contributed by atoms with Gasteiger partial charge in [0, 0.05) is 11.6 Å². The summed E-state index contributed by atoms with van der Waals surface area (Å²) >= 11 is 12.1. The van der Waals surface area contributed by atoms with E-state index in [1.807, 2.05) is 42.5 Å². The predicted molar refractivity (Wildman–Crippen MR) is 87.4 cm³/mol. The second-order valence-corrected chi connectivity index (χ2v) is 5.50. The molecule has 0 radical (unpaired) electrons. The standard InChI is InChI=1S/C16H13Cl2N3/c17-13-6-5-10(9-14(13)18)16(21-19)12-7-8-20-15-4-2-1-3-11(12)15/h1-9,16,21H,19H2. The fourth-order valence-corrected chi connectivity index (χ4v) is 2.73. The van der Waals surface area contributed by atoms with Gasteiger partial charge in [-0.2, -0.15) is 0 Å². The molecule has 0 aliphatic rings. The summed E-state index contributed by atoms with van der Waals surface area (Å²) in [6.45, 7) is 0. The normalized spacial score (nSPS) is 12.5. The molecule has 0 aliphatic heterocycles. The van der Waals surface area contributed by atoms with E-state index in [4.69, 9.17) is 29.0 Å². The third-order valence-electron chi connectivity index (χ3n) is 3.44. The highest BCUT2D eigenvalue weighted by Gasteiger charge is 2.16. The maximum Gasteiger partial charge on any atom is 0.0717 e. The second kappa shape index (κ2) is 6.00. The van der Waals surface area contributed by atoms with Gasteiger partial charge in [0.15, 0.2) is 0 Å². The molecule has 5 heteroatoms. The van der Waals surface area contributed by atoms with Crippen molar-refractivity contribution in [3.63, 3.8) is 0 Å². The van der Waals surface area contributed by atoms with Gasteiger partial charge in [-0.15, -0.1) is 0 Å². The molecule has 3 rings (SSSR count). The molecule has 3 nitrogen and oxygen atoms in total. The van der Waals surface area contributed by atoms with Crippen LogP contribution in [0.5, 0.6) is 0 Å². The van der Waals surface area contributed by atoms with E-state index in [0.29, 0.717) is 10.0 Å². The molecule has 0 aliphatic carbocycles. The first-order valence-electron chi connectivity index (χ1n) is 6.45. The monoisotopic (exact) mass is 317 g/mol. The smallest absolute Gasteiger partial charge is 0.0717 e. The Hall–Kier alpha value is -1.65. The van der Waals surface area contributed by atoms with E-state index in [1.165, 1.54) is 0 Å². The number of nitrogens with two attached hydrogens (primary N) is 1. The lowest BCUT2D eigenvalue weighted by molar-refractivity contribution is 0.640. The number of halogens is 2. The summed E-state index contributed by atoms with van der Waals surface area (Å²) in [4.78, 5) is 4.37. The van der Waals surface area contributed by atoms with Crippen molar-refractivity contribution in [3.05, 3.63) is 75.9 Å². The van der Waals surface area contributed by atoms with Gasteiger partial charge in [-0.25, -0.2) is 5.43 Å². The zero-order chi connectivity index (χ0) is 14.8. The Labute approximate surface area is 132 Å². The van der Waals surface area contributed by atoms with Crippen LogP contribution in [-0.4, -0.2) is 4.98 Å². The summed E-state index contributed by atoms with van der Waals surface area (Å²) in [7, 11) is 0. The van der Waals surface area contributed by atoms with Crippen LogP contribution < -0.4 is 11.3 Å². The first-order chi connectivity index (χ1) is 10.2. The largest absolute Gasteiger partial charge is 0.271 e. The van der Waals surface area contributed by atoms with Crippen LogP contribution in [0, 0.1) is 0 Å². The van der Waals surface area contributed by atoms with E-state index in [1.54, 1.807) is 12.3 Å². The van der Waals surface area contributed by atoms with Crippen molar-refractivity contribution in [3.8, 4) is 0 Å². The number of para-hydroxylation sites is 1. The number of rotatable bonds is 3. The third-order valence-corrected chi connectivity index (χ3v) is 4.18. The fraction of sp³-hybridized carbons (Fsp3) is 0.0625. The molecule has 106 valence electrons. The lowest BCUT2D eigenvalue weighted by atomic mass is 9.96. The third kappa shape index (κ3) is 2.74. The molecule has 1 heterocycles. The fourth-order valence-electron chi connectivity index (χ4n) is 2.43. The van der Waals surface area contributed by atoms with Crippen molar-refractivity contribution < 1.29 is 0 Å². The molecule has 3 aromatic rings. The SMILES string of the molecule is NNC(c1ccc(Cl)c(Cl)c1)c1ccnc2ccccc12. The van der Waals surface area contributed by atoms with E-state index in [-0.39, 0.29) is 6.04 Å². The highest BCUT2D eigenvalue weighted by molar-refractivity contribution is 6.42. The molecular weight excluding hydrogens is 305 g/mol. The maximum absolute atomic E-state index is 6.11. The molecular formula is C16H13Cl2N3. The van der Waals surface area contributed by atoms with Crippen LogP contribution in [0.15, 0.2) is 54.7 Å². The van der Waals surface area contributed by atoms with Crippen molar-refractivity contribution in [1.82, 2.24) is 10.4 Å². The van der Waals surface area contributed by atoms with Gasteiger partial charge in [0.25, 0.3) is 0 Å². The molecule has 21 heavy (non-hydrogen) atoms. The summed E-state index contributed by atoms with van der Waals surface area (Å²) < 4.78 is 0. The Morgan fingerprint density at radius 1 is 1.00 bits per heavy atom. The van der Waals surface area contributed by atoms with E-state index in [2.05, 4.69) is 10.4 Å². The number of hydrogen-bond acceptors (Lipinski definition) is 3. The average Bonchev–Trinajstić information content (AvgIpc) is 2.52. The maximum atomic E-state index is 6.11. The quantitative estimate of drug-likeness (QED) is 0.565. The predicted octanol–water partition coefficient (Wildman–Crippen LogP) is 4.09. The molecule has 0 saturated carbocycles. The van der Waals surface area contributed by atoms with Gasteiger partial charge in [0.1, 0.15) is 0 Å². The summed E-state index contributed by atoms with van der Waals surface area (Å²) in [5.41, 5.74) is 5.76. The molecule has 0 spiro atoms. The zero-order valence-corrected chi connectivity index (χ0v) is 12.6. The Morgan fingerprint density at radius 2 is 1.81 bits per heavy atom. The van der Waals surface area contributed by atoms with E-state index in [9.17, 15) is 0 Å². The van der Waals surface area contributed by atoms with Crippen LogP contribution in [0.2, 0.25) is 10.0 Å². The van der Waals surface area contributed by atoms with Crippen LogP contribution in [0.1, 0.15) is 17.2 Å². The van der Waals surface area contributed by atoms with Gasteiger partial charge in [0.05, 0.1) is 21.6 Å². The first kappa shape index (κ1) is 14.3. The number of hydrogen-bond donors (Lipinski definition) is 2.